The van der Waals surface area contributed by atoms with Crippen LogP contribution in [0.15, 0.2) is 42.6 Å². The second-order valence-electron chi connectivity index (χ2n) is 6.97. The normalized spacial score (nSPS) is 22.2. The summed E-state index contributed by atoms with van der Waals surface area (Å²) in [5.74, 6) is -0.0377. The SMILES string of the molecule is NC(=O)CN1C(=O)[C@@]2(CCN(Cc3cccnc3N)C2)c2ccccc21. The number of primary amides is 1. The first-order valence-electron chi connectivity index (χ1n) is 8.63. The highest BCUT2D eigenvalue weighted by Gasteiger charge is 2.54. The molecule has 3 heterocycles. The molecule has 2 aliphatic rings. The molecule has 2 aromatic rings. The van der Waals surface area contributed by atoms with E-state index in [0.29, 0.717) is 25.3 Å². The monoisotopic (exact) mass is 351 g/mol. The Bertz CT molecular complexity index is 884. The van der Waals surface area contributed by atoms with Gasteiger partial charge in [-0.1, -0.05) is 24.3 Å². The number of hydrogen-bond acceptors (Lipinski definition) is 5. The minimum atomic E-state index is -0.622. The van der Waals surface area contributed by atoms with Gasteiger partial charge in [-0.3, -0.25) is 14.5 Å². The van der Waals surface area contributed by atoms with Crippen molar-refractivity contribution in [1.29, 1.82) is 0 Å². The van der Waals surface area contributed by atoms with Gasteiger partial charge in [0.15, 0.2) is 0 Å². The van der Waals surface area contributed by atoms with Crippen molar-refractivity contribution in [1.82, 2.24) is 9.88 Å². The molecule has 1 saturated heterocycles. The van der Waals surface area contributed by atoms with Gasteiger partial charge in [-0.25, -0.2) is 4.98 Å². The van der Waals surface area contributed by atoms with Crippen molar-refractivity contribution in [3.63, 3.8) is 0 Å². The molecule has 7 heteroatoms. The van der Waals surface area contributed by atoms with E-state index < -0.39 is 11.3 Å². The average molecular weight is 351 g/mol. The summed E-state index contributed by atoms with van der Waals surface area (Å²) in [4.78, 5) is 32.6. The van der Waals surface area contributed by atoms with Crippen LogP contribution in [0.25, 0.3) is 0 Å². The predicted molar refractivity (Wildman–Crippen MR) is 98.2 cm³/mol. The van der Waals surface area contributed by atoms with E-state index in [1.54, 1.807) is 6.20 Å². The molecule has 26 heavy (non-hydrogen) atoms. The van der Waals surface area contributed by atoms with Crippen LogP contribution >= 0.6 is 0 Å². The minimum absolute atomic E-state index is 0.0424. The molecule has 0 saturated carbocycles. The molecule has 1 atom stereocenters. The van der Waals surface area contributed by atoms with Gasteiger partial charge in [0, 0.05) is 30.5 Å². The number of nitrogens with two attached hydrogens (primary N) is 2. The average Bonchev–Trinajstić information content (AvgIpc) is 3.14. The van der Waals surface area contributed by atoms with Crippen LogP contribution < -0.4 is 16.4 Å². The number of carbonyl (C=O) groups excluding carboxylic acids is 2. The van der Waals surface area contributed by atoms with Crippen LogP contribution in [0.3, 0.4) is 0 Å². The van der Waals surface area contributed by atoms with Crippen LogP contribution in [0, 0.1) is 0 Å². The fourth-order valence-corrected chi connectivity index (χ4v) is 4.15. The third-order valence-electron chi connectivity index (χ3n) is 5.35. The number of hydrogen-bond donors (Lipinski definition) is 2. The summed E-state index contributed by atoms with van der Waals surface area (Å²) in [5, 5.41) is 0. The summed E-state index contributed by atoms with van der Waals surface area (Å²) >= 11 is 0. The Hall–Kier alpha value is -2.93. The van der Waals surface area contributed by atoms with Crippen molar-refractivity contribution in [2.75, 3.05) is 30.3 Å². The summed E-state index contributed by atoms with van der Waals surface area (Å²) in [7, 11) is 0. The van der Waals surface area contributed by atoms with E-state index >= 15 is 0 Å². The van der Waals surface area contributed by atoms with E-state index in [4.69, 9.17) is 11.5 Å². The Labute approximate surface area is 151 Å². The molecule has 1 aromatic carbocycles. The van der Waals surface area contributed by atoms with Gasteiger partial charge in [-0.05, 0) is 30.7 Å². The number of pyridine rings is 1. The molecule has 1 spiro atoms. The largest absolute Gasteiger partial charge is 0.383 e. The topological polar surface area (TPSA) is 106 Å². The molecule has 1 fully saturated rings. The number of likely N-dealkylation sites (tertiary alicyclic amines) is 1. The summed E-state index contributed by atoms with van der Waals surface area (Å²) in [6, 6.07) is 11.5. The van der Waals surface area contributed by atoms with Crippen LogP contribution in [-0.4, -0.2) is 41.3 Å². The van der Waals surface area contributed by atoms with Gasteiger partial charge >= 0.3 is 0 Å². The molecule has 7 nitrogen and oxygen atoms in total. The van der Waals surface area contributed by atoms with Crippen molar-refractivity contribution < 1.29 is 9.59 Å². The Morgan fingerprint density at radius 3 is 2.81 bits per heavy atom. The fourth-order valence-electron chi connectivity index (χ4n) is 4.15. The lowest BCUT2D eigenvalue weighted by Crippen LogP contribution is -2.45. The fraction of sp³-hybridized carbons (Fsp3) is 0.316. The first-order chi connectivity index (χ1) is 12.5. The quantitative estimate of drug-likeness (QED) is 0.841. The number of nitrogen functional groups attached to an aromatic ring is 1. The number of carbonyl (C=O) groups is 2. The Kier molecular flexibility index (Phi) is 3.88. The number of benzene rings is 1. The molecule has 0 radical (unpaired) electrons. The van der Waals surface area contributed by atoms with Crippen LogP contribution in [0.1, 0.15) is 17.5 Å². The summed E-state index contributed by atoms with van der Waals surface area (Å²) in [5.41, 5.74) is 13.4. The van der Waals surface area contributed by atoms with Crippen molar-refractivity contribution in [2.24, 2.45) is 5.73 Å². The van der Waals surface area contributed by atoms with Crippen molar-refractivity contribution >= 4 is 23.3 Å². The second-order valence-corrected chi connectivity index (χ2v) is 6.97. The molecule has 0 unspecified atom stereocenters. The standard InChI is InChI=1S/C19H21N5O2/c20-16(25)11-24-15-6-2-1-5-14(15)19(18(24)26)7-9-23(12-19)10-13-4-3-8-22-17(13)21/h1-6,8H,7,9-12H2,(H2,20,25)(H2,21,22)/t19-/m1/s1. The van der Waals surface area contributed by atoms with Gasteiger partial charge in [0.05, 0.1) is 5.41 Å². The minimum Gasteiger partial charge on any atom is -0.383 e. The first-order valence-corrected chi connectivity index (χ1v) is 8.63. The van der Waals surface area contributed by atoms with Gasteiger partial charge in [-0.2, -0.15) is 0 Å². The number of anilines is 2. The summed E-state index contributed by atoms with van der Waals surface area (Å²) in [6.45, 7) is 1.92. The number of para-hydroxylation sites is 1. The van der Waals surface area contributed by atoms with Gasteiger partial charge in [0.2, 0.25) is 11.8 Å². The molecule has 2 aliphatic heterocycles. The van der Waals surface area contributed by atoms with E-state index in [9.17, 15) is 9.59 Å². The Morgan fingerprint density at radius 1 is 1.23 bits per heavy atom. The number of fused-ring (bicyclic) bond motifs is 2. The van der Waals surface area contributed by atoms with Gasteiger partial charge < -0.3 is 16.4 Å². The molecule has 134 valence electrons. The van der Waals surface area contributed by atoms with Crippen LogP contribution in [0.5, 0.6) is 0 Å². The molecule has 1 aromatic heterocycles. The lowest BCUT2D eigenvalue weighted by molar-refractivity contribution is -0.125. The third-order valence-corrected chi connectivity index (χ3v) is 5.35. The van der Waals surface area contributed by atoms with E-state index in [1.807, 2.05) is 36.4 Å². The zero-order valence-electron chi connectivity index (χ0n) is 14.4. The molecule has 2 amide bonds. The number of rotatable bonds is 4. The Morgan fingerprint density at radius 2 is 2.04 bits per heavy atom. The maximum atomic E-state index is 13.2. The zero-order valence-corrected chi connectivity index (χ0v) is 14.4. The lowest BCUT2D eigenvalue weighted by atomic mass is 9.81. The maximum absolute atomic E-state index is 13.2. The maximum Gasteiger partial charge on any atom is 0.239 e. The zero-order chi connectivity index (χ0) is 18.3. The molecular formula is C19H21N5O2. The Balaban J connectivity index is 1.64. The highest BCUT2D eigenvalue weighted by Crippen LogP contribution is 2.47. The predicted octanol–water partition coefficient (Wildman–Crippen LogP) is 0.639. The molecule has 0 aliphatic carbocycles. The number of amides is 2. The highest BCUT2D eigenvalue weighted by atomic mass is 16.2. The smallest absolute Gasteiger partial charge is 0.239 e. The van der Waals surface area contributed by atoms with E-state index in [1.165, 1.54) is 4.90 Å². The van der Waals surface area contributed by atoms with Gasteiger partial charge in [-0.15, -0.1) is 0 Å². The lowest BCUT2D eigenvalue weighted by Gasteiger charge is -2.24. The van der Waals surface area contributed by atoms with Crippen molar-refractivity contribution in [3.8, 4) is 0 Å². The molecular weight excluding hydrogens is 330 g/mol. The molecule has 0 bridgehead atoms. The van der Waals surface area contributed by atoms with E-state index in [-0.39, 0.29) is 12.5 Å². The summed E-state index contributed by atoms with van der Waals surface area (Å²) < 4.78 is 0. The van der Waals surface area contributed by atoms with E-state index in [0.717, 1.165) is 23.4 Å². The van der Waals surface area contributed by atoms with Gasteiger partial charge in [0.25, 0.3) is 0 Å². The van der Waals surface area contributed by atoms with E-state index in [2.05, 4.69) is 9.88 Å². The van der Waals surface area contributed by atoms with Crippen LogP contribution in [-0.2, 0) is 21.5 Å². The van der Waals surface area contributed by atoms with Crippen molar-refractivity contribution in [3.05, 3.63) is 53.7 Å². The number of aromatic nitrogens is 1. The van der Waals surface area contributed by atoms with Gasteiger partial charge in [0.1, 0.15) is 12.4 Å². The summed E-state index contributed by atoms with van der Waals surface area (Å²) in [6.07, 6.45) is 2.38. The second kappa shape index (κ2) is 6.10. The van der Waals surface area contributed by atoms with Crippen LogP contribution in [0.2, 0.25) is 0 Å². The van der Waals surface area contributed by atoms with Crippen LogP contribution in [0.4, 0.5) is 11.5 Å². The highest BCUT2D eigenvalue weighted by molar-refractivity contribution is 6.11. The molecule has 4 rings (SSSR count). The van der Waals surface area contributed by atoms with Crippen molar-refractivity contribution in [2.45, 2.75) is 18.4 Å². The number of nitrogens with zero attached hydrogens (tertiary/aromatic N) is 3. The first kappa shape index (κ1) is 16.5. The third kappa shape index (κ3) is 2.52. The molecule has 4 N–H and O–H groups in total.